The number of thiazole rings is 1. The summed E-state index contributed by atoms with van der Waals surface area (Å²) in [6, 6.07) is 9.01. The first kappa shape index (κ1) is 29.3. The Morgan fingerprint density at radius 3 is 2.15 bits per heavy atom. The lowest BCUT2D eigenvalue weighted by molar-refractivity contribution is 0.0708. The number of benzene rings is 2. The van der Waals surface area contributed by atoms with Crippen LogP contribution in [0.3, 0.4) is 0 Å². The quantitative estimate of drug-likeness (QED) is 0.348. The van der Waals surface area contributed by atoms with Gasteiger partial charge in [-0.3, -0.25) is 9.59 Å². The SMILES string of the molecule is COc1ccc(C(=O)N2CCC(c3nc(C(=O)N4CCN(c5ccc(Cl)c(Cl)c5)CC4)cs3)CC2)c(OC)c1OC. The van der Waals surface area contributed by atoms with Crippen molar-refractivity contribution < 1.29 is 23.8 Å². The van der Waals surface area contributed by atoms with E-state index < -0.39 is 0 Å². The van der Waals surface area contributed by atoms with E-state index in [0.717, 1.165) is 23.5 Å². The van der Waals surface area contributed by atoms with Crippen LogP contribution in [0.4, 0.5) is 5.69 Å². The molecule has 2 saturated heterocycles. The summed E-state index contributed by atoms with van der Waals surface area (Å²) >= 11 is 13.7. The molecule has 3 heterocycles. The number of carbonyl (C=O) groups excluding carboxylic acids is 2. The van der Waals surface area contributed by atoms with Crippen LogP contribution in [-0.4, -0.2) is 87.2 Å². The number of nitrogens with zero attached hydrogens (tertiary/aromatic N) is 4. The molecule has 0 bridgehead atoms. The molecule has 0 radical (unpaired) electrons. The molecule has 41 heavy (non-hydrogen) atoms. The fraction of sp³-hybridized carbons (Fsp3) is 0.414. The molecule has 9 nitrogen and oxygen atoms in total. The summed E-state index contributed by atoms with van der Waals surface area (Å²) < 4.78 is 16.3. The van der Waals surface area contributed by atoms with Crippen LogP contribution in [0.1, 0.15) is 44.6 Å². The Labute approximate surface area is 253 Å². The highest BCUT2D eigenvalue weighted by atomic mass is 35.5. The van der Waals surface area contributed by atoms with Crippen molar-refractivity contribution in [2.75, 3.05) is 65.5 Å². The molecule has 0 saturated carbocycles. The van der Waals surface area contributed by atoms with E-state index in [1.807, 2.05) is 27.3 Å². The van der Waals surface area contributed by atoms with Gasteiger partial charge in [0.2, 0.25) is 5.75 Å². The number of halogens is 2. The first-order valence-corrected chi connectivity index (χ1v) is 15.0. The second-order valence-corrected chi connectivity index (χ2v) is 11.6. The van der Waals surface area contributed by atoms with Crippen molar-refractivity contribution in [3.8, 4) is 17.2 Å². The number of likely N-dealkylation sites (tertiary alicyclic amines) is 1. The topological polar surface area (TPSA) is 84.4 Å². The van der Waals surface area contributed by atoms with Gasteiger partial charge in [-0.15, -0.1) is 11.3 Å². The summed E-state index contributed by atoms with van der Waals surface area (Å²) in [5, 5.41) is 3.85. The molecule has 0 N–H and O–H groups in total. The van der Waals surface area contributed by atoms with Gasteiger partial charge in [-0.25, -0.2) is 4.98 Å². The van der Waals surface area contributed by atoms with Crippen molar-refractivity contribution in [2.45, 2.75) is 18.8 Å². The molecule has 1 aromatic heterocycles. The van der Waals surface area contributed by atoms with Crippen molar-refractivity contribution in [2.24, 2.45) is 0 Å². The van der Waals surface area contributed by atoms with E-state index in [0.29, 0.717) is 77.8 Å². The van der Waals surface area contributed by atoms with Crippen LogP contribution >= 0.6 is 34.5 Å². The largest absolute Gasteiger partial charge is 0.493 e. The van der Waals surface area contributed by atoms with Crippen LogP contribution in [0.25, 0.3) is 0 Å². The van der Waals surface area contributed by atoms with Gasteiger partial charge < -0.3 is 28.9 Å². The van der Waals surface area contributed by atoms with Gasteiger partial charge in [-0.2, -0.15) is 0 Å². The molecule has 0 spiro atoms. The molecule has 5 rings (SSSR count). The van der Waals surface area contributed by atoms with E-state index in [-0.39, 0.29) is 17.7 Å². The van der Waals surface area contributed by atoms with Crippen LogP contribution < -0.4 is 19.1 Å². The lowest BCUT2D eigenvalue weighted by Crippen LogP contribution is -2.48. The summed E-state index contributed by atoms with van der Waals surface area (Å²) in [5.41, 5.74) is 1.92. The highest BCUT2D eigenvalue weighted by Gasteiger charge is 2.31. The molecule has 3 aromatic rings. The molecule has 0 unspecified atom stereocenters. The van der Waals surface area contributed by atoms with Gasteiger partial charge in [-0.1, -0.05) is 23.2 Å². The number of methoxy groups -OCH3 is 3. The fourth-order valence-corrected chi connectivity index (χ4v) is 6.61. The van der Waals surface area contributed by atoms with Gasteiger partial charge >= 0.3 is 0 Å². The van der Waals surface area contributed by atoms with Gasteiger partial charge in [0.25, 0.3) is 11.8 Å². The molecule has 2 aliphatic rings. The van der Waals surface area contributed by atoms with Gasteiger partial charge in [-0.05, 0) is 43.2 Å². The predicted octanol–water partition coefficient (Wildman–Crippen LogP) is 5.46. The summed E-state index contributed by atoms with van der Waals surface area (Å²) in [6.07, 6.45) is 1.54. The van der Waals surface area contributed by atoms with E-state index in [1.54, 1.807) is 25.3 Å². The third-order valence-corrected chi connectivity index (χ3v) is 9.39. The molecule has 2 fully saturated rings. The summed E-state index contributed by atoms with van der Waals surface area (Å²) in [5.74, 6) is 1.29. The van der Waals surface area contributed by atoms with Crippen molar-refractivity contribution in [3.63, 3.8) is 0 Å². The zero-order valence-corrected chi connectivity index (χ0v) is 25.5. The highest BCUT2D eigenvalue weighted by Crippen LogP contribution is 2.41. The van der Waals surface area contributed by atoms with Crippen LogP contribution in [-0.2, 0) is 0 Å². The smallest absolute Gasteiger partial charge is 0.273 e. The van der Waals surface area contributed by atoms with Gasteiger partial charge in [0.1, 0.15) is 5.69 Å². The molecule has 2 aromatic carbocycles. The molecular formula is C29H32Cl2N4O5S. The number of rotatable bonds is 7. The van der Waals surface area contributed by atoms with Gasteiger partial charge in [0, 0.05) is 56.3 Å². The Morgan fingerprint density at radius 2 is 1.51 bits per heavy atom. The normalized spacial score (nSPS) is 16.1. The third kappa shape index (κ3) is 6.05. The third-order valence-electron chi connectivity index (χ3n) is 7.64. The Kier molecular flexibility index (Phi) is 9.11. The molecule has 0 aliphatic carbocycles. The molecular weight excluding hydrogens is 587 g/mol. The van der Waals surface area contributed by atoms with Crippen molar-refractivity contribution in [1.29, 1.82) is 0 Å². The minimum atomic E-state index is -0.115. The van der Waals surface area contributed by atoms with Crippen molar-refractivity contribution in [1.82, 2.24) is 14.8 Å². The van der Waals surface area contributed by atoms with E-state index in [1.165, 1.54) is 25.6 Å². The number of anilines is 1. The highest BCUT2D eigenvalue weighted by molar-refractivity contribution is 7.09. The summed E-state index contributed by atoms with van der Waals surface area (Å²) in [7, 11) is 4.57. The van der Waals surface area contributed by atoms with E-state index in [9.17, 15) is 9.59 Å². The van der Waals surface area contributed by atoms with Crippen molar-refractivity contribution in [3.05, 3.63) is 62.0 Å². The lowest BCUT2D eigenvalue weighted by atomic mass is 9.96. The standard InChI is InChI=1S/C29H32Cl2N4O5S/c1-38-24-7-5-20(25(39-2)26(24)40-3)28(36)34-10-8-18(9-11-34)27-32-23(17-41-27)29(37)35-14-12-33(13-15-35)19-4-6-21(30)22(31)16-19/h4-7,16-18H,8-15H2,1-3H3. The van der Waals surface area contributed by atoms with Gasteiger partial charge in [0.05, 0.1) is 41.9 Å². The molecule has 0 atom stereocenters. The lowest BCUT2D eigenvalue weighted by Gasteiger charge is -2.36. The number of amides is 2. The Balaban J connectivity index is 1.17. The Bertz CT molecular complexity index is 1420. The van der Waals surface area contributed by atoms with Crippen LogP contribution in [0, 0.1) is 0 Å². The molecule has 218 valence electrons. The van der Waals surface area contributed by atoms with Crippen LogP contribution in [0.2, 0.25) is 10.0 Å². The number of piperidine rings is 1. The first-order valence-electron chi connectivity index (χ1n) is 13.4. The van der Waals surface area contributed by atoms with Gasteiger partial charge in [0.15, 0.2) is 11.5 Å². The van der Waals surface area contributed by atoms with E-state index in [2.05, 4.69) is 4.90 Å². The second-order valence-electron chi connectivity index (χ2n) is 9.90. The zero-order valence-electron chi connectivity index (χ0n) is 23.2. The van der Waals surface area contributed by atoms with E-state index in [4.69, 9.17) is 42.4 Å². The van der Waals surface area contributed by atoms with Crippen LogP contribution in [0.15, 0.2) is 35.7 Å². The number of hydrogen-bond acceptors (Lipinski definition) is 8. The number of hydrogen-bond donors (Lipinski definition) is 0. The predicted molar refractivity (Wildman–Crippen MR) is 161 cm³/mol. The fourth-order valence-electron chi connectivity index (χ4n) is 5.35. The zero-order chi connectivity index (χ0) is 29.1. The van der Waals surface area contributed by atoms with Crippen LogP contribution in [0.5, 0.6) is 17.2 Å². The number of aromatic nitrogens is 1. The minimum absolute atomic E-state index is 0.0468. The molecule has 2 aliphatic heterocycles. The monoisotopic (exact) mass is 618 g/mol. The number of ether oxygens (including phenoxy) is 3. The van der Waals surface area contributed by atoms with E-state index >= 15 is 0 Å². The Morgan fingerprint density at radius 1 is 0.829 bits per heavy atom. The summed E-state index contributed by atoms with van der Waals surface area (Å²) in [4.78, 5) is 37.2. The summed E-state index contributed by atoms with van der Waals surface area (Å²) in [6.45, 7) is 3.79. The van der Waals surface area contributed by atoms with Crippen molar-refractivity contribution >= 4 is 52.0 Å². The molecule has 12 heteroatoms. The average molecular weight is 620 g/mol. The number of carbonyl (C=O) groups is 2. The number of piperazine rings is 1. The molecule has 2 amide bonds. The average Bonchev–Trinajstić information content (AvgIpc) is 3.51. The second kappa shape index (κ2) is 12.8. The maximum Gasteiger partial charge on any atom is 0.273 e. The maximum absolute atomic E-state index is 13.4. The minimum Gasteiger partial charge on any atom is -0.493 e. The Hall–Kier alpha value is -3.21. The first-order chi connectivity index (χ1) is 19.8. The maximum atomic E-state index is 13.4.